The Bertz CT molecular complexity index is 1070. The fraction of sp³-hybridized carbons (Fsp3) is 0.417. The van der Waals surface area contributed by atoms with Crippen molar-refractivity contribution < 1.29 is 27.5 Å². The summed E-state index contributed by atoms with van der Waals surface area (Å²) in [6.45, 7) is 5.31. The molecule has 9 heteroatoms. The van der Waals surface area contributed by atoms with Gasteiger partial charge in [-0.05, 0) is 61.2 Å². The lowest BCUT2D eigenvalue weighted by Gasteiger charge is -2.30. The molecule has 1 aliphatic rings. The highest BCUT2D eigenvalue weighted by atomic mass is 32.2. The molecule has 1 aliphatic heterocycles. The lowest BCUT2D eigenvalue weighted by atomic mass is 9.98. The van der Waals surface area contributed by atoms with Gasteiger partial charge in [0.15, 0.2) is 0 Å². The minimum absolute atomic E-state index is 0.0568. The summed E-state index contributed by atoms with van der Waals surface area (Å²) >= 11 is 0. The third-order valence-corrected chi connectivity index (χ3v) is 7.18. The van der Waals surface area contributed by atoms with E-state index in [0.717, 1.165) is 36.7 Å². The van der Waals surface area contributed by atoms with Crippen LogP contribution in [0, 0.1) is 5.92 Å². The van der Waals surface area contributed by atoms with Crippen molar-refractivity contribution in [2.75, 3.05) is 27.3 Å². The molecule has 0 saturated carbocycles. The van der Waals surface area contributed by atoms with Crippen LogP contribution in [0.1, 0.15) is 51.6 Å². The quantitative estimate of drug-likeness (QED) is 0.587. The van der Waals surface area contributed by atoms with Crippen molar-refractivity contribution >= 4 is 22.0 Å². The summed E-state index contributed by atoms with van der Waals surface area (Å²) in [6.07, 6.45) is 2.38. The van der Waals surface area contributed by atoms with E-state index in [0.29, 0.717) is 0 Å². The smallest absolute Gasteiger partial charge is 0.337 e. The maximum atomic E-state index is 12.9. The number of carbonyl (C=O) groups excluding carboxylic acids is 2. The van der Waals surface area contributed by atoms with Gasteiger partial charge in [-0.2, -0.15) is 0 Å². The van der Waals surface area contributed by atoms with Crippen molar-refractivity contribution in [1.82, 2.24) is 9.62 Å². The van der Waals surface area contributed by atoms with Gasteiger partial charge in [0.1, 0.15) is 0 Å². The van der Waals surface area contributed by atoms with Crippen molar-refractivity contribution in [2.45, 2.75) is 37.8 Å². The Morgan fingerprint density at radius 1 is 0.970 bits per heavy atom. The van der Waals surface area contributed by atoms with E-state index in [4.69, 9.17) is 0 Å². The molecule has 178 valence electrons. The van der Waals surface area contributed by atoms with Crippen LogP contribution in [0.15, 0.2) is 47.4 Å². The lowest BCUT2D eigenvalue weighted by Crippen LogP contribution is -2.32. The second kappa shape index (κ2) is 10.9. The highest BCUT2D eigenvalue weighted by Crippen LogP contribution is 2.20. The molecule has 8 nitrogen and oxygen atoms in total. The van der Waals surface area contributed by atoms with Gasteiger partial charge in [0, 0.05) is 13.1 Å². The van der Waals surface area contributed by atoms with E-state index in [1.165, 1.54) is 45.3 Å². The normalized spacial score (nSPS) is 15.2. The summed E-state index contributed by atoms with van der Waals surface area (Å²) in [5, 5.41) is 0. The van der Waals surface area contributed by atoms with Gasteiger partial charge >= 0.3 is 11.9 Å². The molecule has 0 spiro atoms. The molecule has 1 fully saturated rings. The van der Waals surface area contributed by atoms with E-state index in [2.05, 4.69) is 26.0 Å². The fourth-order valence-electron chi connectivity index (χ4n) is 3.80. The lowest BCUT2D eigenvalue weighted by molar-refractivity contribution is 0.0598. The number of nitrogens with zero attached hydrogens (tertiary/aromatic N) is 1. The summed E-state index contributed by atoms with van der Waals surface area (Å²) in [5.74, 6) is -0.742. The molecule has 1 saturated heterocycles. The number of likely N-dealkylation sites (tertiary alicyclic amines) is 1. The standard InChI is InChI=1S/C24H30N2O6S/c1-17-7-9-26(10-8-17)16-19-6-4-5-18(11-19)15-25-33(29,30)22-13-20(23(27)31-2)12-21(14-22)24(28)32-3/h4-6,11-14,17,25H,7-10,15-16H2,1-3H3. The number of hydrogen-bond acceptors (Lipinski definition) is 7. The molecule has 0 radical (unpaired) electrons. The van der Waals surface area contributed by atoms with Crippen LogP contribution < -0.4 is 4.72 Å². The number of sulfonamides is 1. The molecule has 2 aromatic carbocycles. The molecule has 0 amide bonds. The molecule has 0 bridgehead atoms. The predicted molar refractivity (Wildman–Crippen MR) is 123 cm³/mol. The van der Waals surface area contributed by atoms with E-state index in [9.17, 15) is 18.0 Å². The van der Waals surface area contributed by atoms with Crippen molar-refractivity contribution in [3.8, 4) is 0 Å². The molecule has 1 N–H and O–H groups in total. The summed E-state index contributed by atoms with van der Waals surface area (Å²) < 4.78 is 37.8. The SMILES string of the molecule is COC(=O)c1cc(C(=O)OC)cc(S(=O)(=O)NCc2cccc(CN3CCC(C)CC3)c2)c1. The van der Waals surface area contributed by atoms with Crippen LogP contribution in [-0.2, 0) is 32.6 Å². The molecule has 0 aromatic heterocycles. The van der Waals surface area contributed by atoms with E-state index in [1.807, 2.05) is 24.3 Å². The summed E-state index contributed by atoms with van der Waals surface area (Å²) in [5.41, 5.74) is 1.83. The Labute approximate surface area is 194 Å². The molecule has 0 aliphatic carbocycles. The van der Waals surface area contributed by atoms with Gasteiger partial charge in [-0.3, -0.25) is 4.90 Å². The number of ether oxygens (including phenoxy) is 2. The van der Waals surface area contributed by atoms with E-state index < -0.39 is 22.0 Å². The first-order chi connectivity index (χ1) is 15.7. The predicted octanol–water partition coefficient (Wildman–Crippen LogP) is 2.97. The largest absolute Gasteiger partial charge is 0.465 e. The molecular formula is C24H30N2O6S. The maximum absolute atomic E-state index is 12.9. The molecule has 1 heterocycles. The number of esters is 2. The van der Waals surface area contributed by atoms with Gasteiger partial charge in [0.2, 0.25) is 10.0 Å². The zero-order valence-electron chi connectivity index (χ0n) is 19.2. The second-order valence-electron chi connectivity index (χ2n) is 8.33. The summed E-state index contributed by atoms with van der Waals surface area (Å²) in [6, 6.07) is 11.4. The molecule has 0 atom stereocenters. The minimum Gasteiger partial charge on any atom is -0.465 e. The number of piperidine rings is 1. The van der Waals surface area contributed by atoms with Gasteiger partial charge in [-0.25, -0.2) is 22.7 Å². The Kier molecular flexibility index (Phi) is 8.23. The minimum atomic E-state index is -4.01. The third kappa shape index (κ3) is 6.63. The number of hydrogen-bond donors (Lipinski definition) is 1. The van der Waals surface area contributed by atoms with Crippen LogP contribution in [0.3, 0.4) is 0 Å². The van der Waals surface area contributed by atoms with Crippen LogP contribution >= 0.6 is 0 Å². The topological polar surface area (TPSA) is 102 Å². The first-order valence-corrected chi connectivity index (χ1v) is 12.3. The second-order valence-corrected chi connectivity index (χ2v) is 10.1. The number of benzene rings is 2. The Morgan fingerprint density at radius 3 is 2.12 bits per heavy atom. The van der Waals surface area contributed by atoms with E-state index in [-0.39, 0.29) is 22.6 Å². The zero-order valence-corrected chi connectivity index (χ0v) is 20.0. The van der Waals surface area contributed by atoms with Crippen LogP contribution in [0.5, 0.6) is 0 Å². The average molecular weight is 475 g/mol. The van der Waals surface area contributed by atoms with Gasteiger partial charge < -0.3 is 9.47 Å². The maximum Gasteiger partial charge on any atom is 0.337 e. The molecule has 33 heavy (non-hydrogen) atoms. The van der Waals surface area contributed by atoms with Crippen LogP contribution in [-0.4, -0.2) is 52.6 Å². The highest BCUT2D eigenvalue weighted by Gasteiger charge is 2.21. The van der Waals surface area contributed by atoms with Crippen molar-refractivity contribution in [1.29, 1.82) is 0 Å². The van der Waals surface area contributed by atoms with E-state index >= 15 is 0 Å². The molecule has 0 unspecified atom stereocenters. The number of carbonyl (C=O) groups is 2. The molecule has 3 rings (SSSR count). The number of methoxy groups -OCH3 is 2. The Hall–Kier alpha value is -2.75. The van der Waals surface area contributed by atoms with Crippen LogP contribution in [0.25, 0.3) is 0 Å². The van der Waals surface area contributed by atoms with E-state index in [1.54, 1.807) is 0 Å². The number of nitrogens with one attached hydrogen (secondary N) is 1. The van der Waals surface area contributed by atoms with Gasteiger partial charge in [-0.1, -0.05) is 31.2 Å². The van der Waals surface area contributed by atoms with Crippen LogP contribution in [0.2, 0.25) is 0 Å². The first-order valence-electron chi connectivity index (χ1n) is 10.8. The fourth-order valence-corrected chi connectivity index (χ4v) is 4.89. The Morgan fingerprint density at radius 2 is 1.55 bits per heavy atom. The highest BCUT2D eigenvalue weighted by molar-refractivity contribution is 7.89. The first kappa shape index (κ1) is 24.9. The van der Waals surface area contributed by atoms with Crippen molar-refractivity contribution in [3.63, 3.8) is 0 Å². The summed E-state index contributed by atoms with van der Waals surface area (Å²) in [7, 11) is -1.65. The monoisotopic (exact) mass is 474 g/mol. The number of rotatable bonds is 8. The van der Waals surface area contributed by atoms with Crippen molar-refractivity contribution in [3.05, 3.63) is 64.7 Å². The molecular weight excluding hydrogens is 444 g/mol. The van der Waals surface area contributed by atoms with Gasteiger partial charge in [0.25, 0.3) is 0 Å². The van der Waals surface area contributed by atoms with Crippen LogP contribution in [0.4, 0.5) is 0 Å². The Balaban J connectivity index is 1.74. The van der Waals surface area contributed by atoms with Crippen molar-refractivity contribution in [2.24, 2.45) is 5.92 Å². The molecule has 2 aromatic rings. The van der Waals surface area contributed by atoms with Gasteiger partial charge in [0.05, 0.1) is 30.2 Å². The van der Waals surface area contributed by atoms with Gasteiger partial charge in [-0.15, -0.1) is 0 Å². The average Bonchev–Trinajstić information content (AvgIpc) is 2.83. The zero-order chi connectivity index (χ0) is 24.0. The third-order valence-electron chi connectivity index (χ3n) is 5.80. The summed E-state index contributed by atoms with van der Waals surface area (Å²) in [4.78, 5) is 26.1.